The van der Waals surface area contributed by atoms with Crippen LogP contribution in [0.5, 0.6) is 0 Å². The van der Waals surface area contributed by atoms with E-state index in [9.17, 15) is 0 Å². The highest BCUT2D eigenvalue weighted by atomic mass is 15.1. The quantitative estimate of drug-likeness (QED) is 0.894. The summed E-state index contributed by atoms with van der Waals surface area (Å²) < 4.78 is 0. The highest BCUT2D eigenvalue weighted by molar-refractivity contribution is 5.14. The molecule has 3 heteroatoms. The largest absolute Gasteiger partial charge is 0.310 e. The second kappa shape index (κ2) is 6.68. The van der Waals surface area contributed by atoms with E-state index in [1.54, 1.807) is 0 Å². The molecule has 1 aliphatic heterocycles. The predicted octanol–water partition coefficient (Wildman–Crippen LogP) is 3.20. The first-order chi connectivity index (χ1) is 9.44. The normalized spacial score (nSPS) is 19.4. The van der Waals surface area contributed by atoms with Crippen LogP contribution in [-0.2, 0) is 13.1 Å². The number of nitrogens with one attached hydrogen (secondary N) is 1. The zero-order chi connectivity index (χ0) is 14.6. The van der Waals surface area contributed by atoms with Crippen molar-refractivity contribution in [2.75, 3.05) is 13.1 Å². The van der Waals surface area contributed by atoms with Crippen LogP contribution in [0, 0.1) is 5.41 Å². The third-order valence-corrected chi connectivity index (χ3v) is 3.97. The summed E-state index contributed by atoms with van der Waals surface area (Å²) in [5, 5.41) is 3.42. The van der Waals surface area contributed by atoms with Gasteiger partial charge in [-0.3, -0.25) is 9.88 Å². The molecule has 2 heterocycles. The molecule has 0 bridgehead atoms. The molecule has 1 aliphatic rings. The number of nitrogens with zero attached hydrogens (tertiary/aromatic N) is 2. The molecule has 1 aromatic rings. The Morgan fingerprint density at radius 3 is 2.75 bits per heavy atom. The van der Waals surface area contributed by atoms with Gasteiger partial charge in [-0.15, -0.1) is 0 Å². The zero-order valence-corrected chi connectivity index (χ0v) is 13.4. The van der Waals surface area contributed by atoms with Gasteiger partial charge in [0, 0.05) is 31.9 Å². The maximum Gasteiger partial charge on any atom is 0.0544 e. The molecule has 3 nitrogen and oxygen atoms in total. The van der Waals surface area contributed by atoms with Crippen LogP contribution in [0.1, 0.15) is 51.8 Å². The minimum Gasteiger partial charge on any atom is -0.310 e. The Bertz CT molecular complexity index is 409. The first-order valence-electron chi connectivity index (χ1n) is 7.84. The number of pyridine rings is 1. The lowest BCUT2D eigenvalue weighted by atomic mass is 9.84. The summed E-state index contributed by atoms with van der Waals surface area (Å²) in [7, 11) is 0. The average Bonchev–Trinajstić information content (AvgIpc) is 2.36. The van der Waals surface area contributed by atoms with Crippen LogP contribution in [0.3, 0.4) is 0 Å². The van der Waals surface area contributed by atoms with E-state index in [4.69, 9.17) is 0 Å². The molecule has 1 fully saturated rings. The zero-order valence-electron chi connectivity index (χ0n) is 13.4. The van der Waals surface area contributed by atoms with Gasteiger partial charge in [-0.25, -0.2) is 0 Å². The number of likely N-dealkylation sites (tertiary alicyclic amines) is 1. The Morgan fingerprint density at radius 2 is 2.15 bits per heavy atom. The van der Waals surface area contributed by atoms with E-state index in [-0.39, 0.29) is 0 Å². The van der Waals surface area contributed by atoms with Crippen molar-refractivity contribution in [3.8, 4) is 0 Å². The van der Waals surface area contributed by atoms with Crippen molar-refractivity contribution in [1.29, 1.82) is 0 Å². The highest BCUT2D eigenvalue weighted by Crippen LogP contribution is 2.28. The van der Waals surface area contributed by atoms with Crippen LogP contribution in [0.2, 0.25) is 0 Å². The molecule has 0 spiro atoms. The van der Waals surface area contributed by atoms with Crippen molar-refractivity contribution in [3.63, 3.8) is 0 Å². The molecule has 0 radical (unpaired) electrons. The van der Waals surface area contributed by atoms with Crippen LogP contribution in [0.4, 0.5) is 0 Å². The van der Waals surface area contributed by atoms with Gasteiger partial charge < -0.3 is 5.32 Å². The fourth-order valence-electron chi connectivity index (χ4n) is 2.88. The van der Waals surface area contributed by atoms with E-state index in [2.05, 4.69) is 55.0 Å². The summed E-state index contributed by atoms with van der Waals surface area (Å²) in [6.07, 6.45) is 4.67. The minimum atomic E-state index is 0.458. The molecule has 0 aromatic carbocycles. The Kier molecular flexibility index (Phi) is 5.17. The summed E-state index contributed by atoms with van der Waals surface area (Å²) >= 11 is 0. The number of hydrogen-bond donors (Lipinski definition) is 1. The minimum absolute atomic E-state index is 0.458. The highest BCUT2D eigenvalue weighted by Gasteiger charge is 2.26. The van der Waals surface area contributed by atoms with Gasteiger partial charge in [0.15, 0.2) is 0 Å². The molecule has 0 saturated carbocycles. The second-order valence-corrected chi connectivity index (χ2v) is 7.17. The van der Waals surface area contributed by atoms with Crippen LogP contribution in [0.25, 0.3) is 0 Å². The van der Waals surface area contributed by atoms with E-state index in [0.29, 0.717) is 11.5 Å². The van der Waals surface area contributed by atoms with E-state index < -0.39 is 0 Å². The topological polar surface area (TPSA) is 28.2 Å². The Morgan fingerprint density at radius 1 is 1.35 bits per heavy atom. The molecule has 0 atom stereocenters. The predicted molar refractivity (Wildman–Crippen MR) is 84.5 cm³/mol. The van der Waals surface area contributed by atoms with Gasteiger partial charge in [-0.05, 0) is 36.4 Å². The Hall–Kier alpha value is -0.930. The molecule has 1 N–H and O–H groups in total. The molecule has 1 saturated heterocycles. The van der Waals surface area contributed by atoms with Gasteiger partial charge in [-0.1, -0.05) is 33.8 Å². The first kappa shape index (κ1) is 15.5. The van der Waals surface area contributed by atoms with E-state index in [0.717, 1.165) is 13.1 Å². The third kappa shape index (κ3) is 4.88. The van der Waals surface area contributed by atoms with E-state index >= 15 is 0 Å². The van der Waals surface area contributed by atoms with Gasteiger partial charge in [0.2, 0.25) is 0 Å². The molecule has 112 valence electrons. The van der Waals surface area contributed by atoms with Crippen molar-refractivity contribution in [2.24, 2.45) is 5.41 Å². The molecule has 0 amide bonds. The van der Waals surface area contributed by atoms with Crippen molar-refractivity contribution < 1.29 is 0 Å². The molecule has 0 unspecified atom stereocenters. The Balaban J connectivity index is 1.87. The van der Waals surface area contributed by atoms with Crippen LogP contribution >= 0.6 is 0 Å². The molecule has 20 heavy (non-hydrogen) atoms. The second-order valence-electron chi connectivity index (χ2n) is 7.17. The summed E-state index contributed by atoms with van der Waals surface area (Å²) in [5.74, 6) is 0. The summed E-state index contributed by atoms with van der Waals surface area (Å²) in [6, 6.07) is 4.90. The molecule has 1 aromatic heterocycles. The molecule has 2 rings (SSSR count). The standard InChI is InChI=1S/C17H29N3/c1-14(2)18-10-15-6-7-16(19-11-15)12-20-9-5-8-17(3,4)13-20/h6-7,11,14,18H,5,8-10,12-13H2,1-4H3. The average molecular weight is 275 g/mol. The fourth-order valence-corrected chi connectivity index (χ4v) is 2.88. The van der Waals surface area contributed by atoms with Crippen LogP contribution in [-0.4, -0.2) is 29.0 Å². The summed E-state index contributed by atoms with van der Waals surface area (Å²) in [4.78, 5) is 7.16. The van der Waals surface area contributed by atoms with Crippen LogP contribution < -0.4 is 5.32 Å². The Labute approximate surface area is 123 Å². The number of hydrogen-bond acceptors (Lipinski definition) is 3. The van der Waals surface area contributed by atoms with E-state index in [1.807, 2.05) is 6.20 Å². The summed E-state index contributed by atoms with van der Waals surface area (Å²) in [6.45, 7) is 13.4. The van der Waals surface area contributed by atoms with Gasteiger partial charge in [0.25, 0.3) is 0 Å². The number of aromatic nitrogens is 1. The fraction of sp³-hybridized carbons (Fsp3) is 0.706. The van der Waals surface area contributed by atoms with Crippen molar-refractivity contribution in [1.82, 2.24) is 15.2 Å². The first-order valence-corrected chi connectivity index (χ1v) is 7.84. The van der Waals surface area contributed by atoms with Crippen molar-refractivity contribution in [3.05, 3.63) is 29.6 Å². The number of rotatable bonds is 5. The maximum atomic E-state index is 4.62. The van der Waals surface area contributed by atoms with Gasteiger partial charge in [-0.2, -0.15) is 0 Å². The van der Waals surface area contributed by atoms with E-state index in [1.165, 1.54) is 37.2 Å². The smallest absolute Gasteiger partial charge is 0.0544 e. The van der Waals surface area contributed by atoms with Crippen LogP contribution in [0.15, 0.2) is 18.3 Å². The van der Waals surface area contributed by atoms with Gasteiger partial charge in [0.05, 0.1) is 5.69 Å². The van der Waals surface area contributed by atoms with Crippen molar-refractivity contribution >= 4 is 0 Å². The maximum absolute atomic E-state index is 4.62. The monoisotopic (exact) mass is 275 g/mol. The van der Waals surface area contributed by atoms with Gasteiger partial charge >= 0.3 is 0 Å². The molecule has 0 aliphatic carbocycles. The third-order valence-electron chi connectivity index (χ3n) is 3.97. The lowest BCUT2D eigenvalue weighted by Gasteiger charge is -2.37. The van der Waals surface area contributed by atoms with Gasteiger partial charge in [0.1, 0.15) is 0 Å². The lowest BCUT2D eigenvalue weighted by molar-refractivity contribution is 0.110. The SMILES string of the molecule is CC(C)NCc1ccc(CN2CCCC(C)(C)C2)nc1. The van der Waals surface area contributed by atoms with Crippen molar-refractivity contribution in [2.45, 2.75) is 59.7 Å². The molecular weight excluding hydrogens is 246 g/mol. The number of piperidine rings is 1. The summed E-state index contributed by atoms with van der Waals surface area (Å²) in [5.41, 5.74) is 2.91. The lowest BCUT2D eigenvalue weighted by Crippen LogP contribution is -2.39. The molecular formula is C17H29N3.